The summed E-state index contributed by atoms with van der Waals surface area (Å²) in [5.74, 6) is 0. The quantitative estimate of drug-likeness (QED) is 0.786. The number of aromatic nitrogens is 3. The maximum absolute atomic E-state index is 5.71. The molecular formula is C16H19BrN4. The molecule has 2 N–H and O–H groups in total. The van der Waals surface area contributed by atoms with Crippen LogP contribution in [0.2, 0.25) is 0 Å². The fraction of sp³-hybridized carbons (Fsp3) is 0.312. The van der Waals surface area contributed by atoms with Crippen LogP contribution in [0.25, 0.3) is 10.9 Å². The molecule has 21 heavy (non-hydrogen) atoms. The second kappa shape index (κ2) is 5.66. The Hall–Kier alpha value is -1.59. The lowest BCUT2D eigenvalue weighted by Gasteiger charge is -2.09. The fourth-order valence-electron chi connectivity index (χ4n) is 2.70. The number of fused-ring (bicyclic) bond motifs is 1. The van der Waals surface area contributed by atoms with E-state index in [4.69, 9.17) is 5.73 Å². The Kier molecular flexibility index (Phi) is 3.87. The molecule has 3 rings (SSSR count). The summed E-state index contributed by atoms with van der Waals surface area (Å²) in [6.45, 7) is 6.40. The average Bonchev–Trinajstić information content (AvgIpc) is 3.02. The Labute approximate surface area is 132 Å². The molecule has 5 heteroatoms. The first-order chi connectivity index (χ1) is 10.1. The first-order valence-electron chi connectivity index (χ1n) is 7.13. The van der Waals surface area contributed by atoms with Gasteiger partial charge >= 0.3 is 0 Å². The number of aryl methyl sites for hydroxylation is 2. The molecule has 2 heterocycles. The Bertz CT molecular complexity index is 785. The van der Waals surface area contributed by atoms with E-state index in [1.54, 1.807) is 0 Å². The van der Waals surface area contributed by atoms with E-state index in [2.05, 4.69) is 67.7 Å². The number of hydrogen-bond donors (Lipinski definition) is 1. The van der Waals surface area contributed by atoms with Gasteiger partial charge in [0, 0.05) is 24.8 Å². The normalized spacial score (nSPS) is 11.4. The van der Waals surface area contributed by atoms with Crippen LogP contribution < -0.4 is 5.73 Å². The van der Waals surface area contributed by atoms with E-state index in [9.17, 15) is 0 Å². The third-order valence-corrected chi connectivity index (χ3v) is 4.88. The summed E-state index contributed by atoms with van der Waals surface area (Å²) in [6.07, 6.45) is 2.12. The molecule has 2 aromatic heterocycles. The predicted molar refractivity (Wildman–Crippen MR) is 89.3 cm³/mol. The van der Waals surface area contributed by atoms with Crippen molar-refractivity contribution in [2.45, 2.75) is 33.5 Å². The van der Waals surface area contributed by atoms with Crippen molar-refractivity contribution in [3.05, 3.63) is 51.9 Å². The van der Waals surface area contributed by atoms with Crippen molar-refractivity contribution in [3.63, 3.8) is 0 Å². The molecule has 4 nitrogen and oxygen atoms in total. The van der Waals surface area contributed by atoms with Crippen molar-refractivity contribution < 1.29 is 0 Å². The second-order valence-electron chi connectivity index (χ2n) is 5.20. The van der Waals surface area contributed by atoms with E-state index in [1.165, 1.54) is 16.6 Å². The van der Waals surface area contributed by atoms with E-state index >= 15 is 0 Å². The fourth-order valence-corrected chi connectivity index (χ4v) is 3.11. The number of nitrogens with two attached hydrogens (primary N) is 1. The molecule has 1 aromatic carbocycles. The van der Waals surface area contributed by atoms with E-state index in [-0.39, 0.29) is 0 Å². The maximum Gasteiger partial charge on any atom is 0.0739 e. The zero-order valence-electron chi connectivity index (χ0n) is 12.3. The van der Waals surface area contributed by atoms with Crippen LogP contribution in [0.1, 0.15) is 23.9 Å². The highest BCUT2D eigenvalue weighted by Gasteiger charge is 2.13. The number of nitrogens with zero attached hydrogens (tertiary/aromatic N) is 3. The van der Waals surface area contributed by atoms with Crippen LogP contribution in [0, 0.1) is 6.92 Å². The Morgan fingerprint density at radius 3 is 2.81 bits per heavy atom. The molecule has 0 bridgehead atoms. The highest BCUT2D eigenvalue weighted by Crippen LogP contribution is 2.24. The smallest absolute Gasteiger partial charge is 0.0739 e. The van der Waals surface area contributed by atoms with E-state index in [1.807, 2.05) is 6.92 Å². The highest BCUT2D eigenvalue weighted by atomic mass is 79.9. The molecule has 3 aromatic rings. The third-order valence-electron chi connectivity index (χ3n) is 3.84. The van der Waals surface area contributed by atoms with Crippen molar-refractivity contribution in [3.8, 4) is 0 Å². The van der Waals surface area contributed by atoms with Gasteiger partial charge in [0.1, 0.15) is 0 Å². The Morgan fingerprint density at radius 1 is 1.29 bits per heavy atom. The minimum Gasteiger partial charge on any atom is -0.341 e. The summed E-state index contributed by atoms with van der Waals surface area (Å²) in [7, 11) is 0. The van der Waals surface area contributed by atoms with Gasteiger partial charge in [-0.25, -0.2) is 0 Å². The van der Waals surface area contributed by atoms with Gasteiger partial charge in [0.15, 0.2) is 0 Å². The van der Waals surface area contributed by atoms with E-state index < -0.39 is 0 Å². The van der Waals surface area contributed by atoms with Crippen molar-refractivity contribution in [2.75, 3.05) is 0 Å². The summed E-state index contributed by atoms with van der Waals surface area (Å²) in [5, 5.41) is 5.79. The molecule has 0 spiro atoms. The van der Waals surface area contributed by atoms with Crippen LogP contribution in [0.5, 0.6) is 0 Å². The zero-order chi connectivity index (χ0) is 15.0. The molecule has 0 unspecified atom stereocenters. The molecule has 0 aliphatic heterocycles. The SMILES string of the molecule is CCn1nc(C)c(Br)c1Cn1ccc2cc(CN)ccc21. The number of hydrogen-bond acceptors (Lipinski definition) is 2. The van der Waals surface area contributed by atoms with Crippen molar-refractivity contribution in [2.24, 2.45) is 5.73 Å². The van der Waals surface area contributed by atoms with Gasteiger partial charge in [-0.2, -0.15) is 5.10 Å². The predicted octanol–water partition coefficient (Wildman–Crippen LogP) is 3.44. The lowest BCUT2D eigenvalue weighted by Crippen LogP contribution is -2.07. The minimum atomic E-state index is 0.578. The van der Waals surface area contributed by atoms with Crippen molar-refractivity contribution in [1.29, 1.82) is 0 Å². The average molecular weight is 347 g/mol. The van der Waals surface area contributed by atoms with Crippen LogP contribution >= 0.6 is 15.9 Å². The summed E-state index contributed by atoms with van der Waals surface area (Å²) in [6, 6.07) is 8.53. The van der Waals surface area contributed by atoms with Crippen LogP contribution in [0.15, 0.2) is 34.9 Å². The van der Waals surface area contributed by atoms with Gasteiger partial charge in [0.05, 0.1) is 22.4 Å². The lowest BCUT2D eigenvalue weighted by atomic mass is 10.1. The topological polar surface area (TPSA) is 48.8 Å². The van der Waals surface area contributed by atoms with Crippen LogP contribution in [0.4, 0.5) is 0 Å². The van der Waals surface area contributed by atoms with Crippen LogP contribution in [0.3, 0.4) is 0 Å². The molecule has 0 amide bonds. The minimum absolute atomic E-state index is 0.578. The molecule has 0 fully saturated rings. The molecule has 0 radical (unpaired) electrons. The monoisotopic (exact) mass is 346 g/mol. The molecule has 0 saturated heterocycles. The van der Waals surface area contributed by atoms with E-state index in [0.29, 0.717) is 6.54 Å². The number of benzene rings is 1. The molecule has 0 aliphatic rings. The van der Waals surface area contributed by atoms with Gasteiger partial charge in [-0.1, -0.05) is 6.07 Å². The first-order valence-corrected chi connectivity index (χ1v) is 7.93. The van der Waals surface area contributed by atoms with E-state index in [0.717, 1.165) is 28.8 Å². The van der Waals surface area contributed by atoms with Gasteiger partial charge in [-0.3, -0.25) is 4.68 Å². The molecular weight excluding hydrogens is 328 g/mol. The summed E-state index contributed by atoms with van der Waals surface area (Å²) >= 11 is 3.66. The number of rotatable bonds is 4. The van der Waals surface area contributed by atoms with Crippen LogP contribution in [-0.2, 0) is 19.6 Å². The van der Waals surface area contributed by atoms with Gasteiger partial charge in [0.25, 0.3) is 0 Å². The zero-order valence-corrected chi connectivity index (χ0v) is 13.9. The van der Waals surface area contributed by atoms with Gasteiger partial charge < -0.3 is 10.3 Å². The first kappa shape index (κ1) is 14.4. The number of halogens is 1. The molecule has 0 aliphatic carbocycles. The summed E-state index contributed by atoms with van der Waals surface area (Å²) in [4.78, 5) is 0. The third kappa shape index (κ3) is 2.51. The van der Waals surface area contributed by atoms with Gasteiger partial charge in [-0.15, -0.1) is 0 Å². The summed E-state index contributed by atoms with van der Waals surface area (Å²) < 4.78 is 5.41. The largest absolute Gasteiger partial charge is 0.341 e. The molecule has 0 atom stereocenters. The Morgan fingerprint density at radius 2 is 2.10 bits per heavy atom. The molecule has 110 valence electrons. The highest BCUT2D eigenvalue weighted by molar-refractivity contribution is 9.10. The van der Waals surface area contributed by atoms with Crippen LogP contribution in [-0.4, -0.2) is 14.3 Å². The van der Waals surface area contributed by atoms with Crippen molar-refractivity contribution >= 4 is 26.8 Å². The van der Waals surface area contributed by atoms with Gasteiger partial charge in [0.2, 0.25) is 0 Å². The second-order valence-corrected chi connectivity index (χ2v) is 6.00. The molecule has 0 saturated carbocycles. The van der Waals surface area contributed by atoms with Gasteiger partial charge in [-0.05, 0) is 58.9 Å². The Balaban J connectivity index is 2.02. The van der Waals surface area contributed by atoms with Crippen molar-refractivity contribution in [1.82, 2.24) is 14.3 Å². The standard InChI is InChI=1S/C16H19BrN4/c1-3-21-15(16(17)11(2)19-21)10-20-7-6-13-8-12(9-18)4-5-14(13)20/h4-8H,3,9-10,18H2,1-2H3. The maximum atomic E-state index is 5.71. The lowest BCUT2D eigenvalue weighted by molar-refractivity contribution is 0.601. The summed E-state index contributed by atoms with van der Waals surface area (Å²) in [5.41, 5.74) is 10.3.